The smallest absolute Gasteiger partial charge is 0.311 e. The molecule has 6 heteroatoms. The van der Waals surface area contributed by atoms with Gasteiger partial charge >= 0.3 is 5.97 Å². The number of fused-ring (bicyclic) bond motifs is 4. The van der Waals surface area contributed by atoms with Gasteiger partial charge in [-0.05, 0) is 24.8 Å². The topological polar surface area (TPSA) is 71.8 Å². The van der Waals surface area contributed by atoms with Crippen LogP contribution in [0.5, 0.6) is 0 Å². The zero-order valence-corrected chi connectivity index (χ0v) is 15.3. The molecule has 2 fully saturated rings. The van der Waals surface area contributed by atoms with Crippen LogP contribution in [0.2, 0.25) is 0 Å². The lowest BCUT2D eigenvalue weighted by molar-refractivity contribution is -0.148. The number of esters is 1. The Morgan fingerprint density at radius 1 is 1.27 bits per heavy atom. The second kappa shape index (κ2) is 7.16. The monoisotopic (exact) mass is 360 g/mol. The van der Waals surface area contributed by atoms with Crippen molar-refractivity contribution >= 4 is 5.97 Å². The van der Waals surface area contributed by atoms with E-state index < -0.39 is 5.92 Å². The third kappa shape index (κ3) is 2.79. The van der Waals surface area contributed by atoms with Crippen LogP contribution in [0.3, 0.4) is 0 Å². The number of hydrogen-bond donors (Lipinski definition) is 1. The van der Waals surface area contributed by atoms with E-state index in [0.29, 0.717) is 12.5 Å². The van der Waals surface area contributed by atoms with Gasteiger partial charge in [0.25, 0.3) is 5.56 Å². The molecule has 4 rings (SSSR count). The Balaban J connectivity index is 1.74. The fourth-order valence-electron chi connectivity index (χ4n) is 5.49. The number of aromatic nitrogens is 1. The maximum Gasteiger partial charge on any atom is 0.311 e. The van der Waals surface area contributed by atoms with Crippen molar-refractivity contribution in [2.45, 2.75) is 50.7 Å². The van der Waals surface area contributed by atoms with Crippen molar-refractivity contribution in [3.63, 3.8) is 0 Å². The van der Waals surface area contributed by atoms with Crippen molar-refractivity contribution in [2.24, 2.45) is 17.8 Å². The van der Waals surface area contributed by atoms with Gasteiger partial charge in [-0.1, -0.05) is 25.3 Å². The number of methoxy groups -OCH3 is 1. The fourth-order valence-corrected chi connectivity index (χ4v) is 5.49. The largest absolute Gasteiger partial charge is 0.469 e. The van der Waals surface area contributed by atoms with Crippen molar-refractivity contribution in [3.8, 4) is 0 Å². The molecular formula is C20H28N2O4. The van der Waals surface area contributed by atoms with Crippen molar-refractivity contribution in [1.29, 1.82) is 0 Å². The quantitative estimate of drug-likeness (QED) is 0.825. The van der Waals surface area contributed by atoms with E-state index in [1.54, 1.807) is 16.7 Å². The van der Waals surface area contributed by atoms with Gasteiger partial charge < -0.3 is 14.4 Å². The highest BCUT2D eigenvalue weighted by molar-refractivity contribution is 5.74. The molecule has 0 spiro atoms. The van der Waals surface area contributed by atoms with E-state index >= 15 is 0 Å². The molecule has 1 N–H and O–H groups in total. The van der Waals surface area contributed by atoms with Gasteiger partial charge in [-0.25, -0.2) is 0 Å². The van der Waals surface area contributed by atoms with E-state index in [-0.39, 0.29) is 36.1 Å². The minimum atomic E-state index is -0.422. The molecule has 4 atom stereocenters. The number of aliphatic hydroxyl groups is 1. The third-order valence-corrected chi connectivity index (χ3v) is 6.71. The normalized spacial score (nSPS) is 31.6. The number of nitrogens with zero attached hydrogens (tertiary/aromatic N) is 2. The first kappa shape index (κ1) is 17.7. The standard InChI is InChI=1S/C20H28N2O4/c1-26-20(25)18-14(12-23)16-11-21-15(8-5-9-17(21)24)19(18)22(16)10-13-6-3-2-4-7-13/h5,8-9,13-14,16,18-19,23H,2-4,6-7,10-12H2,1H3/t14-,16-,18+,19+/m1/s1. The van der Waals surface area contributed by atoms with Crippen LogP contribution in [0.15, 0.2) is 23.0 Å². The van der Waals surface area contributed by atoms with E-state index in [9.17, 15) is 14.7 Å². The second-order valence-corrected chi connectivity index (χ2v) is 8.01. The molecule has 3 aliphatic rings. The number of carbonyl (C=O) groups is 1. The maximum absolute atomic E-state index is 12.6. The van der Waals surface area contributed by atoms with E-state index in [4.69, 9.17) is 4.74 Å². The molecule has 1 aromatic heterocycles. The van der Waals surface area contributed by atoms with Crippen LogP contribution in [-0.4, -0.2) is 46.8 Å². The number of hydrogen-bond acceptors (Lipinski definition) is 5. The van der Waals surface area contributed by atoms with Gasteiger partial charge in [0, 0.05) is 43.4 Å². The highest BCUT2D eigenvalue weighted by atomic mass is 16.5. The van der Waals surface area contributed by atoms with Gasteiger partial charge in [0.15, 0.2) is 0 Å². The van der Waals surface area contributed by atoms with E-state index in [1.165, 1.54) is 39.2 Å². The first-order chi connectivity index (χ1) is 12.7. The average molecular weight is 360 g/mol. The van der Waals surface area contributed by atoms with Crippen molar-refractivity contribution < 1.29 is 14.6 Å². The van der Waals surface area contributed by atoms with Crippen molar-refractivity contribution in [3.05, 3.63) is 34.2 Å². The summed E-state index contributed by atoms with van der Waals surface area (Å²) in [5.74, 6) is -0.272. The van der Waals surface area contributed by atoms with Crippen LogP contribution in [0.4, 0.5) is 0 Å². The number of carbonyl (C=O) groups excluding carboxylic acids is 1. The number of rotatable bonds is 4. The molecule has 2 bridgehead atoms. The van der Waals surface area contributed by atoms with Crippen LogP contribution in [-0.2, 0) is 16.1 Å². The minimum absolute atomic E-state index is 0.00336. The summed E-state index contributed by atoms with van der Waals surface area (Å²) in [7, 11) is 1.41. The zero-order valence-electron chi connectivity index (χ0n) is 15.3. The van der Waals surface area contributed by atoms with Crippen molar-refractivity contribution in [1.82, 2.24) is 9.47 Å². The second-order valence-electron chi connectivity index (χ2n) is 8.01. The summed E-state index contributed by atoms with van der Waals surface area (Å²) >= 11 is 0. The molecule has 2 aliphatic heterocycles. The Bertz CT molecular complexity index is 725. The van der Waals surface area contributed by atoms with Gasteiger partial charge in [-0.3, -0.25) is 14.5 Å². The Labute approximate surface area is 153 Å². The summed E-state index contributed by atoms with van der Waals surface area (Å²) in [5.41, 5.74) is 0.855. The number of aliphatic hydroxyl groups excluding tert-OH is 1. The molecule has 1 saturated carbocycles. The highest BCUT2D eigenvalue weighted by Crippen LogP contribution is 2.49. The van der Waals surface area contributed by atoms with Crippen LogP contribution in [0.1, 0.15) is 43.8 Å². The lowest BCUT2D eigenvalue weighted by Gasteiger charge is -2.40. The Morgan fingerprint density at radius 2 is 2.04 bits per heavy atom. The predicted octanol–water partition coefficient (Wildman–Crippen LogP) is 1.57. The van der Waals surface area contributed by atoms with Crippen LogP contribution in [0, 0.1) is 17.8 Å². The molecule has 0 unspecified atom stereocenters. The molecule has 6 nitrogen and oxygen atoms in total. The zero-order chi connectivity index (χ0) is 18.3. The molecule has 0 radical (unpaired) electrons. The lowest BCUT2D eigenvalue weighted by atomic mass is 9.87. The number of ether oxygens (including phenoxy) is 1. The molecule has 1 saturated heterocycles. The van der Waals surface area contributed by atoms with Gasteiger partial charge in [0.1, 0.15) is 0 Å². The van der Waals surface area contributed by atoms with Crippen LogP contribution in [0.25, 0.3) is 0 Å². The van der Waals surface area contributed by atoms with Gasteiger partial charge in [-0.15, -0.1) is 0 Å². The summed E-state index contributed by atoms with van der Waals surface area (Å²) in [4.78, 5) is 27.4. The Hall–Kier alpha value is -1.66. The van der Waals surface area contributed by atoms with Crippen molar-refractivity contribution in [2.75, 3.05) is 20.3 Å². The van der Waals surface area contributed by atoms with E-state index in [2.05, 4.69) is 4.90 Å². The van der Waals surface area contributed by atoms with Gasteiger partial charge in [0.2, 0.25) is 0 Å². The first-order valence-electron chi connectivity index (χ1n) is 9.80. The van der Waals surface area contributed by atoms with Crippen LogP contribution >= 0.6 is 0 Å². The molecular weight excluding hydrogens is 332 g/mol. The Morgan fingerprint density at radius 3 is 2.73 bits per heavy atom. The average Bonchev–Trinajstić information content (AvgIpc) is 2.87. The fraction of sp³-hybridized carbons (Fsp3) is 0.700. The molecule has 1 aromatic rings. The predicted molar refractivity (Wildman–Crippen MR) is 96.6 cm³/mol. The van der Waals surface area contributed by atoms with Gasteiger partial charge in [0.05, 0.1) is 19.1 Å². The van der Waals surface area contributed by atoms with E-state index in [1.807, 2.05) is 6.07 Å². The van der Waals surface area contributed by atoms with Crippen LogP contribution < -0.4 is 5.56 Å². The molecule has 0 aromatic carbocycles. The SMILES string of the molecule is COC(=O)[C@H]1[C@H](CO)[C@H]2Cn3c(cccc3=O)[C@@H]1N2CC1CCCCC1. The summed E-state index contributed by atoms with van der Waals surface area (Å²) < 4.78 is 6.88. The highest BCUT2D eigenvalue weighted by Gasteiger charge is 2.56. The summed E-state index contributed by atoms with van der Waals surface area (Å²) in [5, 5.41) is 10.1. The Kier molecular flexibility index (Phi) is 4.88. The first-order valence-corrected chi connectivity index (χ1v) is 9.80. The molecule has 3 heterocycles. The summed E-state index contributed by atoms with van der Waals surface area (Å²) in [6.45, 7) is 1.41. The summed E-state index contributed by atoms with van der Waals surface area (Å²) in [6, 6.07) is 5.11. The molecule has 142 valence electrons. The lowest BCUT2D eigenvalue weighted by Crippen LogP contribution is -2.48. The molecule has 1 aliphatic carbocycles. The summed E-state index contributed by atoms with van der Waals surface area (Å²) in [6.07, 6.45) is 6.31. The maximum atomic E-state index is 12.6. The van der Waals surface area contributed by atoms with E-state index in [0.717, 1.165) is 12.2 Å². The third-order valence-electron chi connectivity index (χ3n) is 6.71. The number of pyridine rings is 1. The van der Waals surface area contributed by atoms with Gasteiger partial charge in [-0.2, -0.15) is 0 Å². The molecule has 26 heavy (non-hydrogen) atoms. The minimum Gasteiger partial charge on any atom is -0.469 e. The molecule has 0 amide bonds.